The molecule has 3 heterocycles. The Morgan fingerprint density at radius 3 is 1.05 bits per heavy atom. The van der Waals surface area contributed by atoms with Gasteiger partial charge in [-0.2, -0.15) is 0 Å². The monoisotopic (exact) mass is 743 g/mol. The Hall–Kier alpha value is -7.82. The number of benzene rings is 9. The van der Waals surface area contributed by atoms with Gasteiger partial charge in [0.05, 0.1) is 11.4 Å². The van der Waals surface area contributed by atoms with Crippen LogP contribution in [-0.4, -0.2) is 0 Å². The minimum Gasteiger partial charge on any atom is -0.455 e. The minimum atomic E-state index is 0.763. The van der Waals surface area contributed by atoms with E-state index in [2.05, 4.69) is 187 Å². The molecule has 4 heteroatoms. The normalized spacial score (nSPS) is 12.2. The highest BCUT2D eigenvalue weighted by Crippen LogP contribution is 2.53. The lowest BCUT2D eigenvalue weighted by atomic mass is 9.98. The van der Waals surface area contributed by atoms with E-state index in [1.165, 1.54) is 0 Å². The van der Waals surface area contributed by atoms with E-state index in [9.17, 15) is 0 Å². The fourth-order valence-electron chi connectivity index (χ4n) is 8.78. The van der Waals surface area contributed by atoms with E-state index in [4.69, 9.17) is 13.6 Å². The van der Waals surface area contributed by atoms with Crippen LogP contribution in [0.5, 0.6) is 11.5 Å². The summed E-state index contributed by atoms with van der Waals surface area (Å²) in [6.07, 6.45) is 0. The quantitative estimate of drug-likeness (QED) is 0.176. The maximum Gasteiger partial charge on any atom is 0.152 e. The van der Waals surface area contributed by atoms with Gasteiger partial charge in [0.1, 0.15) is 22.3 Å². The molecule has 12 rings (SSSR count). The van der Waals surface area contributed by atoms with E-state index in [1.807, 2.05) is 18.2 Å². The molecule has 4 nitrogen and oxygen atoms in total. The lowest BCUT2D eigenvalue weighted by Gasteiger charge is -2.33. The smallest absolute Gasteiger partial charge is 0.152 e. The lowest BCUT2D eigenvalue weighted by molar-refractivity contribution is 0.477. The van der Waals surface area contributed by atoms with Crippen molar-refractivity contribution < 1.29 is 13.6 Å². The molecule has 58 heavy (non-hydrogen) atoms. The molecule has 2 aromatic heterocycles. The lowest BCUT2D eigenvalue weighted by Crippen LogP contribution is -2.15. The first-order valence-electron chi connectivity index (χ1n) is 19.6. The summed E-state index contributed by atoms with van der Waals surface area (Å²) in [5.41, 5.74) is 14.9. The molecule has 0 bridgehead atoms. The summed E-state index contributed by atoms with van der Waals surface area (Å²) in [4.78, 5) is 2.28. The van der Waals surface area contributed by atoms with Crippen molar-refractivity contribution in [3.8, 4) is 56.0 Å². The highest BCUT2D eigenvalue weighted by atomic mass is 16.5. The highest BCUT2D eigenvalue weighted by molar-refractivity contribution is 6.14. The summed E-state index contributed by atoms with van der Waals surface area (Å²) in [6.45, 7) is 0. The van der Waals surface area contributed by atoms with Gasteiger partial charge in [-0.1, -0.05) is 164 Å². The second-order valence-electron chi connectivity index (χ2n) is 14.8. The molecular weight excluding hydrogens is 711 g/mol. The van der Waals surface area contributed by atoms with E-state index >= 15 is 0 Å². The van der Waals surface area contributed by atoms with Crippen molar-refractivity contribution in [2.24, 2.45) is 0 Å². The zero-order chi connectivity index (χ0) is 38.2. The molecule has 0 unspecified atom stereocenters. The van der Waals surface area contributed by atoms with Crippen molar-refractivity contribution in [2.75, 3.05) is 4.90 Å². The molecule has 1 aliphatic heterocycles. The van der Waals surface area contributed by atoms with Crippen LogP contribution in [0.4, 0.5) is 17.1 Å². The van der Waals surface area contributed by atoms with Gasteiger partial charge in [0.2, 0.25) is 0 Å². The summed E-state index contributed by atoms with van der Waals surface area (Å²) >= 11 is 0. The van der Waals surface area contributed by atoms with E-state index < -0.39 is 0 Å². The van der Waals surface area contributed by atoms with E-state index in [1.54, 1.807) is 0 Å². The van der Waals surface area contributed by atoms with Crippen molar-refractivity contribution in [3.63, 3.8) is 0 Å². The molecule has 0 atom stereocenters. The molecule has 0 spiro atoms. The molecule has 11 aromatic rings. The Morgan fingerprint density at radius 2 is 0.655 bits per heavy atom. The number of furan rings is 2. The third-order valence-electron chi connectivity index (χ3n) is 11.5. The molecule has 272 valence electrons. The van der Waals surface area contributed by atoms with Crippen LogP contribution in [0.1, 0.15) is 0 Å². The van der Waals surface area contributed by atoms with Gasteiger partial charge >= 0.3 is 0 Å². The molecule has 9 aromatic carbocycles. The zero-order valence-electron chi connectivity index (χ0n) is 31.2. The fourth-order valence-corrected chi connectivity index (χ4v) is 8.78. The molecule has 0 radical (unpaired) electrons. The maximum atomic E-state index is 6.95. The molecule has 0 N–H and O–H groups in total. The second kappa shape index (κ2) is 12.9. The summed E-state index contributed by atoms with van der Waals surface area (Å²) in [6, 6.07) is 69.8. The van der Waals surface area contributed by atoms with Crippen molar-refractivity contribution in [3.05, 3.63) is 200 Å². The molecule has 0 fully saturated rings. The first kappa shape index (κ1) is 32.4. The molecule has 0 amide bonds. The average Bonchev–Trinajstić information content (AvgIpc) is 3.88. The number of rotatable bonds is 5. The second-order valence-corrected chi connectivity index (χ2v) is 14.8. The van der Waals surface area contributed by atoms with Crippen molar-refractivity contribution in [1.29, 1.82) is 0 Å². The summed E-state index contributed by atoms with van der Waals surface area (Å²) in [5, 5.41) is 4.36. The fraction of sp³-hybridized carbons (Fsp3) is 0. The Balaban J connectivity index is 0.997. The Bertz CT molecular complexity index is 3160. The molecule has 0 saturated heterocycles. The SMILES string of the molecule is c1ccc(-c2cccc3c2oc2c(-c4ccc5c(c4)Oc4cc(-c6cccc7c6oc6c(-c8ccccc8)cccc67)ccc4N5c4ccccc4)cccc23)cc1. The summed E-state index contributed by atoms with van der Waals surface area (Å²) in [5.74, 6) is 1.53. The summed E-state index contributed by atoms with van der Waals surface area (Å²) in [7, 11) is 0. The maximum absolute atomic E-state index is 6.95. The number of para-hydroxylation sites is 5. The van der Waals surface area contributed by atoms with Gasteiger partial charge in [-0.25, -0.2) is 0 Å². The number of hydrogen-bond donors (Lipinski definition) is 0. The van der Waals surface area contributed by atoms with Crippen LogP contribution in [0.15, 0.2) is 209 Å². The number of anilines is 3. The first-order valence-corrected chi connectivity index (χ1v) is 19.6. The summed E-state index contributed by atoms with van der Waals surface area (Å²) < 4.78 is 20.6. The van der Waals surface area contributed by atoms with E-state index in [-0.39, 0.29) is 0 Å². The van der Waals surface area contributed by atoms with Gasteiger partial charge in [0, 0.05) is 49.5 Å². The molecule has 1 aliphatic rings. The van der Waals surface area contributed by atoms with Gasteiger partial charge in [-0.15, -0.1) is 0 Å². The van der Waals surface area contributed by atoms with Crippen LogP contribution >= 0.6 is 0 Å². The Morgan fingerprint density at radius 1 is 0.293 bits per heavy atom. The minimum absolute atomic E-state index is 0.763. The Kier molecular flexibility index (Phi) is 7.20. The number of hydrogen-bond acceptors (Lipinski definition) is 4. The zero-order valence-corrected chi connectivity index (χ0v) is 31.2. The van der Waals surface area contributed by atoms with Gasteiger partial charge in [0.15, 0.2) is 11.5 Å². The number of nitrogens with zero attached hydrogens (tertiary/aromatic N) is 1. The largest absolute Gasteiger partial charge is 0.455 e. The molecular formula is C54H33NO3. The van der Waals surface area contributed by atoms with Crippen LogP contribution in [0.3, 0.4) is 0 Å². The van der Waals surface area contributed by atoms with Gasteiger partial charge in [-0.3, -0.25) is 0 Å². The average molecular weight is 744 g/mol. The van der Waals surface area contributed by atoms with Gasteiger partial charge in [-0.05, 0) is 58.7 Å². The Labute approximate surface area is 334 Å². The van der Waals surface area contributed by atoms with Crippen molar-refractivity contribution in [1.82, 2.24) is 0 Å². The number of fused-ring (bicyclic) bond motifs is 8. The molecule has 0 aliphatic carbocycles. The van der Waals surface area contributed by atoms with E-state index in [0.717, 1.165) is 117 Å². The number of ether oxygens (including phenoxy) is 1. The predicted molar refractivity (Wildman–Crippen MR) is 237 cm³/mol. The van der Waals surface area contributed by atoms with Crippen molar-refractivity contribution >= 4 is 60.9 Å². The topological polar surface area (TPSA) is 38.8 Å². The van der Waals surface area contributed by atoms with Crippen LogP contribution in [0.25, 0.3) is 88.4 Å². The third-order valence-corrected chi connectivity index (χ3v) is 11.5. The highest BCUT2D eigenvalue weighted by Gasteiger charge is 2.28. The van der Waals surface area contributed by atoms with Crippen LogP contribution in [0.2, 0.25) is 0 Å². The van der Waals surface area contributed by atoms with Crippen LogP contribution in [-0.2, 0) is 0 Å². The van der Waals surface area contributed by atoms with E-state index in [0.29, 0.717) is 0 Å². The van der Waals surface area contributed by atoms with Crippen molar-refractivity contribution in [2.45, 2.75) is 0 Å². The molecule has 0 saturated carbocycles. The predicted octanol–water partition coefficient (Wildman–Crippen LogP) is 15.7. The standard InChI is InChI=1S/C54H33NO3/c1-4-14-34(15-5-1)39-20-10-24-43-45-26-12-22-41(53(45)57-51(39)43)36-28-30-47-49(32-36)56-50-33-37(29-31-48(50)55(47)38-18-8-3-9-19-38)42-23-13-27-46-44-25-11-21-40(52(44)58-54(42)46)35-16-6-2-7-17-35/h1-33H. The third kappa shape index (κ3) is 5.02. The van der Waals surface area contributed by atoms with Gasteiger partial charge in [0.25, 0.3) is 0 Å². The van der Waals surface area contributed by atoms with Gasteiger partial charge < -0.3 is 18.5 Å². The van der Waals surface area contributed by atoms with Crippen LogP contribution in [0, 0.1) is 0 Å². The van der Waals surface area contributed by atoms with Crippen LogP contribution < -0.4 is 9.64 Å². The first-order chi connectivity index (χ1) is 28.8.